The van der Waals surface area contributed by atoms with E-state index < -0.39 is 21.9 Å². The standard InChI is InChI=1S/C22H26N2O5S/c1-16(2)29-21(25)10-12-23-22(26)18-8-5-9-20(14-18)30(27,28)24-13-11-17-6-3-4-7-19(17)15-24/h3-9,14,16H,10-13,15H2,1-2H3,(H,23,26). The molecule has 0 atom stereocenters. The molecule has 0 bridgehead atoms. The molecule has 1 N–H and O–H groups in total. The highest BCUT2D eigenvalue weighted by Gasteiger charge is 2.28. The summed E-state index contributed by atoms with van der Waals surface area (Å²) >= 11 is 0. The largest absolute Gasteiger partial charge is 0.463 e. The highest BCUT2D eigenvalue weighted by Crippen LogP contribution is 2.25. The number of carbonyl (C=O) groups is 2. The first-order valence-corrected chi connectivity index (χ1v) is 11.4. The predicted octanol–water partition coefficient (Wildman–Crippen LogP) is 2.51. The zero-order valence-electron chi connectivity index (χ0n) is 17.1. The Kier molecular flexibility index (Phi) is 6.89. The SMILES string of the molecule is CC(C)OC(=O)CCNC(=O)c1cccc(S(=O)(=O)N2CCc3ccccc3C2)c1. The van der Waals surface area contributed by atoms with Gasteiger partial charge in [0.05, 0.1) is 17.4 Å². The summed E-state index contributed by atoms with van der Waals surface area (Å²) in [4.78, 5) is 24.0. The van der Waals surface area contributed by atoms with Crippen LogP contribution in [0.2, 0.25) is 0 Å². The minimum atomic E-state index is -3.73. The molecule has 0 unspecified atom stereocenters. The molecule has 1 aliphatic rings. The predicted molar refractivity (Wildman–Crippen MR) is 112 cm³/mol. The van der Waals surface area contributed by atoms with Crippen LogP contribution in [0.15, 0.2) is 53.4 Å². The zero-order chi connectivity index (χ0) is 21.7. The van der Waals surface area contributed by atoms with Crippen molar-refractivity contribution in [3.05, 3.63) is 65.2 Å². The van der Waals surface area contributed by atoms with Gasteiger partial charge in [0.2, 0.25) is 10.0 Å². The van der Waals surface area contributed by atoms with E-state index >= 15 is 0 Å². The Morgan fingerprint density at radius 2 is 1.83 bits per heavy atom. The van der Waals surface area contributed by atoms with Gasteiger partial charge in [-0.2, -0.15) is 4.31 Å². The van der Waals surface area contributed by atoms with Crippen LogP contribution in [0.25, 0.3) is 0 Å². The molecule has 2 aromatic carbocycles. The lowest BCUT2D eigenvalue weighted by molar-refractivity contribution is -0.147. The molecule has 0 fully saturated rings. The first-order valence-electron chi connectivity index (χ1n) is 9.92. The first-order chi connectivity index (χ1) is 14.3. The van der Waals surface area contributed by atoms with Crippen molar-refractivity contribution in [1.29, 1.82) is 0 Å². The van der Waals surface area contributed by atoms with Crippen molar-refractivity contribution < 1.29 is 22.7 Å². The number of hydrogen-bond acceptors (Lipinski definition) is 5. The fourth-order valence-corrected chi connectivity index (χ4v) is 4.79. The zero-order valence-corrected chi connectivity index (χ0v) is 17.9. The average molecular weight is 431 g/mol. The Morgan fingerprint density at radius 3 is 2.57 bits per heavy atom. The van der Waals surface area contributed by atoms with Gasteiger partial charge in [-0.25, -0.2) is 8.42 Å². The van der Waals surface area contributed by atoms with E-state index in [-0.39, 0.29) is 29.5 Å². The molecule has 0 aromatic heterocycles. The van der Waals surface area contributed by atoms with E-state index in [0.717, 1.165) is 11.1 Å². The molecule has 0 aliphatic carbocycles. The van der Waals surface area contributed by atoms with Gasteiger partial charge >= 0.3 is 5.97 Å². The van der Waals surface area contributed by atoms with Crippen LogP contribution in [0.3, 0.4) is 0 Å². The number of nitrogens with one attached hydrogen (secondary N) is 1. The maximum Gasteiger partial charge on any atom is 0.307 e. The number of fused-ring (bicyclic) bond motifs is 1. The van der Waals surface area contributed by atoms with Crippen molar-refractivity contribution in [3.8, 4) is 0 Å². The lowest BCUT2D eigenvalue weighted by atomic mass is 10.0. The quantitative estimate of drug-likeness (QED) is 0.682. The second-order valence-electron chi connectivity index (χ2n) is 7.43. The number of rotatable bonds is 7. The summed E-state index contributed by atoms with van der Waals surface area (Å²) in [6, 6.07) is 13.8. The molecule has 2 aromatic rings. The molecule has 0 saturated heterocycles. The Balaban J connectivity index is 1.67. The fourth-order valence-electron chi connectivity index (χ4n) is 3.32. The summed E-state index contributed by atoms with van der Waals surface area (Å²) in [6.07, 6.45) is 0.494. The Bertz CT molecular complexity index is 1030. The summed E-state index contributed by atoms with van der Waals surface area (Å²) in [5, 5.41) is 2.63. The highest BCUT2D eigenvalue weighted by molar-refractivity contribution is 7.89. The Hall–Kier alpha value is -2.71. The average Bonchev–Trinajstić information content (AvgIpc) is 2.72. The van der Waals surface area contributed by atoms with E-state index in [2.05, 4.69) is 5.32 Å². The Labute approximate surface area is 177 Å². The summed E-state index contributed by atoms with van der Waals surface area (Å²) < 4.78 is 32.7. The number of hydrogen-bond donors (Lipinski definition) is 1. The number of carbonyl (C=O) groups excluding carboxylic acids is 2. The van der Waals surface area contributed by atoms with Crippen LogP contribution in [-0.2, 0) is 32.5 Å². The summed E-state index contributed by atoms with van der Waals surface area (Å²) in [5.41, 5.74) is 2.38. The van der Waals surface area contributed by atoms with Gasteiger partial charge < -0.3 is 10.1 Å². The van der Waals surface area contributed by atoms with Crippen molar-refractivity contribution in [1.82, 2.24) is 9.62 Å². The van der Waals surface area contributed by atoms with Crippen LogP contribution in [-0.4, -0.2) is 43.8 Å². The lowest BCUT2D eigenvalue weighted by Crippen LogP contribution is -2.36. The van der Waals surface area contributed by atoms with Gasteiger partial charge in [0.25, 0.3) is 5.91 Å². The highest BCUT2D eigenvalue weighted by atomic mass is 32.2. The van der Waals surface area contributed by atoms with Gasteiger partial charge in [0.15, 0.2) is 0 Å². The molecule has 7 nitrogen and oxygen atoms in total. The van der Waals surface area contributed by atoms with Gasteiger partial charge in [-0.15, -0.1) is 0 Å². The van der Waals surface area contributed by atoms with E-state index in [9.17, 15) is 18.0 Å². The van der Waals surface area contributed by atoms with E-state index in [1.807, 2.05) is 24.3 Å². The molecule has 160 valence electrons. The molecule has 1 amide bonds. The van der Waals surface area contributed by atoms with E-state index in [4.69, 9.17) is 4.74 Å². The molecule has 0 radical (unpaired) electrons. The van der Waals surface area contributed by atoms with Crippen LogP contribution in [0.5, 0.6) is 0 Å². The van der Waals surface area contributed by atoms with Gasteiger partial charge in [-0.1, -0.05) is 30.3 Å². The monoisotopic (exact) mass is 430 g/mol. The topological polar surface area (TPSA) is 92.8 Å². The van der Waals surface area contributed by atoms with Crippen molar-refractivity contribution in [2.45, 2.75) is 44.2 Å². The number of nitrogens with zero attached hydrogens (tertiary/aromatic N) is 1. The van der Waals surface area contributed by atoms with Crippen molar-refractivity contribution in [3.63, 3.8) is 0 Å². The third-order valence-corrected chi connectivity index (χ3v) is 6.65. The van der Waals surface area contributed by atoms with Crippen molar-refractivity contribution in [2.75, 3.05) is 13.1 Å². The first kappa shape index (κ1) is 22.0. The van der Waals surface area contributed by atoms with E-state index in [0.29, 0.717) is 19.5 Å². The Morgan fingerprint density at radius 1 is 1.10 bits per heavy atom. The van der Waals surface area contributed by atoms with Gasteiger partial charge in [-0.05, 0) is 49.6 Å². The van der Waals surface area contributed by atoms with Crippen molar-refractivity contribution in [2.24, 2.45) is 0 Å². The van der Waals surface area contributed by atoms with Crippen LogP contribution < -0.4 is 5.32 Å². The number of benzene rings is 2. The smallest absolute Gasteiger partial charge is 0.307 e. The molecule has 8 heteroatoms. The number of esters is 1. The fraction of sp³-hybridized carbons (Fsp3) is 0.364. The molecule has 0 saturated carbocycles. The molecular formula is C22H26N2O5S. The van der Waals surface area contributed by atoms with Crippen LogP contribution in [0.1, 0.15) is 41.8 Å². The second-order valence-corrected chi connectivity index (χ2v) is 9.37. The molecule has 30 heavy (non-hydrogen) atoms. The summed E-state index contributed by atoms with van der Waals surface area (Å²) in [7, 11) is -3.73. The second kappa shape index (κ2) is 9.40. The van der Waals surface area contributed by atoms with E-state index in [1.54, 1.807) is 26.0 Å². The maximum atomic E-state index is 13.1. The molecule has 1 heterocycles. The van der Waals surface area contributed by atoms with Gasteiger partial charge in [0, 0.05) is 25.2 Å². The third-order valence-electron chi connectivity index (χ3n) is 4.81. The molecule has 0 spiro atoms. The van der Waals surface area contributed by atoms with Gasteiger partial charge in [0.1, 0.15) is 0 Å². The van der Waals surface area contributed by atoms with E-state index in [1.165, 1.54) is 16.4 Å². The summed E-state index contributed by atoms with van der Waals surface area (Å²) in [5.74, 6) is -0.833. The minimum absolute atomic E-state index is 0.0507. The van der Waals surface area contributed by atoms with Crippen LogP contribution in [0, 0.1) is 0 Å². The normalized spacial score (nSPS) is 14.2. The van der Waals surface area contributed by atoms with Crippen molar-refractivity contribution >= 4 is 21.9 Å². The number of amides is 1. The van der Waals surface area contributed by atoms with Gasteiger partial charge in [-0.3, -0.25) is 9.59 Å². The summed E-state index contributed by atoms with van der Waals surface area (Å²) in [6.45, 7) is 4.33. The maximum absolute atomic E-state index is 13.1. The molecular weight excluding hydrogens is 404 g/mol. The van der Waals surface area contributed by atoms with Crippen LogP contribution >= 0.6 is 0 Å². The third kappa shape index (κ3) is 5.25. The number of sulfonamides is 1. The lowest BCUT2D eigenvalue weighted by Gasteiger charge is -2.28. The minimum Gasteiger partial charge on any atom is -0.463 e. The molecule has 1 aliphatic heterocycles. The number of ether oxygens (including phenoxy) is 1. The van der Waals surface area contributed by atoms with Crippen LogP contribution in [0.4, 0.5) is 0 Å². The molecule has 3 rings (SSSR count).